The molecule has 0 bridgehead atoms. The fraction of sp³-hybridized carbons (Fsp3) is 0.750. The topological polar surface area (TPSA) is 9.23 Å². The van der Waals surface area contributed by atoms with Gasteiger partial charge in [-0.15, -0.1) is 0 Å². The molecular weight excluding hydrogens is 304 g/mol. The summed E-state index contributed by atoms with van der Waals surface area (Å²) in [6.07, 6.45) is 6.64. The van der Waals surface area contributed by atoms with Crippen LogP contribution in [0.1, 0.15) is 108 Å². The van der Waals surface area contributed by atoms with Crippen LogP contribution in [0.25, 0.3) is 0 Å². The predicted molar refractivity (Wildman–Crippen MR) is 108 cm³/mol. The van der Waals surface area contributed by atoms with Gasteiger partial charge < -0.3 is 4.74 Å². The Balaban J connectivity index is 2.28. The first-order valence-electron chi connectivity index (χ1n) is 10.4. The zero-order valence-electron chi connectivity index (χ0n) is 17.8. The largest absolute Gasteiger partial charge is 0.496 e. The lowest BCUT2D eigenvalue weighted by Gasteiger charge is -2.55. The highest BCUT2D eigenvalue weighted by Crippen LogP contribution is 2.59. The van der Waals surface area contributed by atoms with Crippen molar-refractivity contribution in [2.24, 2.45) is 11.3 Å². The highest BCUT2D eigenvalue weighted by molar-refractivity contribution is 5.56. The standard InChI is InChI=1S/C24H38O/c1-15(2)18-14-19-17(21(16(3)4)22(18)25-8)10-11-20-23(5,6)12-9-13-24(19,20)7/h14-16,20H,9-13H2,1-8H3/t20-,24+/m0/s1. The molecule has 0 unspecified atom stereocenters. The summed E-state index contributed by atoms with van der Waals surface area (Å²) >= 11 is 0. The van der Waals surface area contributed by atoms with E-state index in [1.54, 1.807) is 11.1 Å². The molecule has 3 rings (SSSR count). The van der Waals surface area contributed by atoms with Crippen molar-refractivity contribution in [3.05, 3.63) is 28.3 Å². The molecule has 2 aliphatic carbocycles. The van der Waals surface area contributed by atoms with Crippen LogP contribution in [0.4, 0.5) is 0 Å². The van der Waals surface area contributed by atoms with Gasteiger partial charge in [-0.1, -0.05) is 61.0 Å². The first-order chi connectivity index (χ1) is 11.6. The minimum Gasteiger partial charge on any atom is -0.496 e. The molecule has 1 fully saturated rings. The third-order valence-electron chi connectivity index (χ3n) is 7.39. The number of hydrogen-bond donors (Lipinski definition) is 0. The van der Waals surface area contributed by atoms with Crippen molar-refractivity contribution in [1.29, 1.82) is 0 Å². The monoisotopic (exact) mass is 342 g/mol. The average Bonchev–Trinajstić information content (AvgIpc) is 2.51. The first kappa shape index (κ1) is 18.8. The Morgan fingerprint density at radius 2 is 1.72 bits per heavy atom. The summed E-state index contributed by atoms with van der Waals surface area (Å²) in [5, 5.41) is 0. The number of hydrogen-bond acceptors (Lipinski definition) is 1. The molecule has 0 amide bonds. The molecule has 1 aromatic carbocycles. The molecule has 0 heterocycles. The molecule has 0 aliphatic heterocycles. The van der Waals surface area contributed by atoms with Crippen LogP contribution in [0, 0.1) is 11.3 Å². The third kappa shape index (κ3) is 2.82. The Morgan fingerprint density at radius 3 is 2.28 bits per heavy atom. The second-order valence-corrected chi connectivity index (χ2v) is 10.1. The van der Waals surface area contributed by atoms with E-state index in [-0.39, 0.29) is 0 Å². The molecule has 1 nitrogen and oxygen atoms in total. The Morgan fingerprint density at radius 1 is 1.04 bits per heavy atom. The summed E-state index contributed by atoms with van der Waals surface area (Å²) in [6, 6.07) is 2.54. The molecule has 0 spiro atoms. The van der Waals surface area contributed by atoms with E-state index < -0.39 is 0 Å². The fourth-order valence-electron chi connectivity index (χ4n) is 6.23. The summed E-state index contributed by atoms with van der Waals surface area (Å²) in [4.78, 5) is 0. The highest BCUT2D eigenvalue weighted by Gasteiger charge is 2.50. The lowest BCUT2D eigenvalue weighted by atomic mass is 9.50. The summed E-state index contributed by atoms with van der Waals surface area (Å²) in [7, 11) is 1.86. The maximum Gasteiger partial charge on any atom is 0.126 e. The molecule has 1 aromatic rings. The molecule has 0 saturated heterocycles. The molecule has 0 radical (unpaired) electrons. The van der Waals surface area contributed by atoms with Gasteiger partial charge in [0.05, 0.1) is 7.11 Å². The van der Waals surface area contributed by atoms with Gasteiger partial charge in [0.1, 0.15) is 5.75 Å². The summed E-state index contributed by atoms with van der Waals surface area (Å²) in [5.41, 5.74) is 6.97. The summed E-state index contributed by atoms with van der Waals surface area (Å²) < 4.78 is 5.98. The molecular formula is C24H38O. The predicted octanol–water partition coefficient (Wildman–Crippen LogP) is 6.97. The van der Waals surface area contributed by atoms with Crippen LogP contribution >= 0.6 is 0 Å². The van der Waals surface area contributed by atoms with Gasteiger partial charge >= 0.3 is 0 Å². The number of fused-ring (bicyclic) bond motifs is 3. The number of ether oxygens (including phenoxy) is 1. The van der Waals surface area contributed by atoms with Gasteiger partial charge in [-0.3, -0.25) is 0 Å². The van der Waals surface area contributed by atoms with E-state index in [0.29, 0.717) is 22.7 Å². The zero-order valence-corrected chi connectivity index (χ0v) is 17.8. The van der Waals surface area contributed by atoms with Crippen molar-refractivity contribution in [1.82, 2.24) is 0 Å². The van der Waals surface area contributed by atoms with Gasteiger partial charge in [-0.25, -0.2) is 0 Å². The molecule has 2 atom stereocenters. The van der Waals surface area contributed by atoms with E-state index in [0.717, 1.165) is 5.92 Å². The van der Waals surface area contributed by atoms with Gasteiger partial charge in [0.15, 0.2) is 0 Å². The third-order valence-corrected chi connectivity index (χ3v) is 7.39. The second-order valence-electron chi connectivity index (χ2n) is 10.1. The molecule has 0 N–H and O–H groups in total. The summed E-state index contributed by atoms with van der Waals surface area (Å²) in [6.45, 7) is 16.9. The van der Waals surface area contributed by atoms with Crippen LogP contribution < -0.4 is 4.74 Å². The van der Waals surface area contributed by atoms with Gasteiger partial charge in [0.25, 0.3) is 0 Å². The smallest absolute Gasteiger partial charge is 0.126 e. The second kappa shape index (κ2) is 6.32. The van der Waals surface area contributed by atoms with E-state index in [1.165, 1.54) is 49.0 Å². The Labute approximate surface area is 155 Å². The van der Waals surface area contributed by atoms with Crippen LogP contribution in [0.2, 0.25) is 0 Å². The molecule has 25 heavy (non-hydrogen) atoms. The minimum atomic E-state index is 0.328. The van der Waals surface area contributed by atoms with Gasteiger partial charge in [0.2, 0.25) is 0 Å². The highest BCUT2D eigenvalue weighted by atomic mass is 16.5. The Bertz CT molecular complexity index is 653. The lowest BCUT2D eigenvalue weighted by molar-refractivity contribution is 0.0404. The van der Waals surface area contributed by atoms with E-state index in [4.69, 9.17) is 4.74 Å². The van der Waals surface area contributed by atoms with Crippen LogP contribution in [0.5, 0.6) is 5.75 Å². The molecule has 2 aliphatic rings. The molecule has 1 saturated carbocycles. The first-order valence-corrected chi connectivity index (χ1v) is 10.4. The van der Waals surface area contributed by atoms with Crippen LogP contribution in [0.15, 0.2) is 6.07 Å². The van der Waals surface area contributed by atoms with E-state index in [9.17, 15) is 0 Å². The lowest BCUT2D eigenvalue weighted by Crippen LogP contribution is -2.48. The Kier molecular flexibility index (Phi) is 4.75. The maximum atomic E-state index is 5.98. The minimum absolute atomic E-state index is 0.328. The van der Waals surface area contributed by atoms with Gasteiger partial charge in [0, 0.05) is 5.56 Å². The summed E-state index contributed by atoms with van der Waals surface area (Å²) in [5.74, 6) is 2.98. The quantitative estimate of drug-likeness (QED) is 0.576. The van der Waals surface area contributed by atoms with E-state index in [2.05, 4.69) is 54.5 Å². The van der Waals surface area contributed by atoms with Crippen LogP contribution in [-0.4, -0.2) is 7.11 Å². The van der Waals surface area contributed by atoms with Crippen molar-refractivity contribution in [3.63, 3.8) is 0 Å². The van der Waals surface area contributed by atoms with E-state index in [1.807, 2.05) is 7.11 Å². The van der Waals surface area contributed by atoms with Crippen LogP contribution in [-0.2, 0) is 11.8 Å². The maximum absolute atomic E-state index is 5.98. The Hall–Kier alpha value is -0.980. The van der Waals surface area contributed by atoms with Crippen molar-refractivity contribution in [2.75, 3.05) is 7.11 Å². The molecule has 1 heteroatoms. The van der Waals surface area contributed by atoms with Gasteiger partial charge in [-0.2, -0.15) is 0 Å². The molecule has 140 valence electrons. The average molecular weight is 343 g/mol. The SMILES string of the molecule is COc1c(C(C)C)cc2c(c1C(C)C)CC[C@H]1C(C)(C)CCC[C@]21C. The van der Waals surface area contributed by atoms with Crippen molar-refractivity contribution in [2.45, 2.75) is 97.8 Å². The van der Waals surface area contributed by atoms with Crippen molar-refractivity contribution in [3.8, 4) is 5.75 Å². The number of rotatable bonds is 3. The normalized spacial score (nSPS) is 28.0. The van der Waals surface area contributed by atoms with Crippen molar-refractivity contribution < 1.29 is 4.74 Å². The number of benzene rings is 1. The number of methoxy groups -OCH3 is 1. The van der Waals surface area contributed by atoms with Crippen LogP contribution in [0.3, 0.4) is 0 Å². The fourth-order valence-corrected chi connectivity index (χ4v) is 6.23. The van der Waals surface area contributed by atoms with Crippen molar-refractivity contribution >= 4 is 0 Å². The van der Waals surface area contributed by atoms with E-state index >= 15 is 0 Å². The molecule has 0 aromatic heterocycles. The zero-order chi connectivity index (χ0) is 18.6. The van der Waals surface area contributed by atoms with Gasteiger partial charge in [-0.05, 0) is 71.0 Å².